The lowest BCUT2D eigenvalue weighted by Crippen LogP contribution is -2.61. The molecule has 0 aromatic rings. The number of amides is 10. The van der Waals surface area contributed by atoms with Crippen molar-refractivity contribution < 1.29 is 63.0 Å². The third-order valence-electron chi connectivity index (χ3n) is 15.7. The van der Waals surface area contributed by atoms with Crippen molar-refractivity contribution in [3.8, 4) is 0 Å². The fourth-order valence-electron chi connectivity index (χ4n) is 10.3. The van der Waals surface area contributed by atoms with Gasteiger partial charge in [-0.25, -0.2) is 4.79 Å². The molecular weight excluding hydrogens is 1110 g/mol. The van der Waals surface area contributed by atoms with E-state index in [1.807, 2.05) is 81.4 Å². The number of aliphatic carboxylic acids is 1. The van der Waals surface area contributed by atoms with E-state index in [0.717, 1.165) is 9.80 Å². The average molecular weight is 1220 g/mol. The highest BCUT2D eigenvalue weighted by atomic mass is 16.4. The number of carboxylic acids is 1. The van der Waals surface area contributed by atoms with Crippen LogP contribution in [0.2, 0.25) is 0 Å². The average Bonchev–Trinajstić information content (AvgIpc) is 2.77. The molecule has 0 unspecified atom stereocenters. The van der Waals surface area contributed by atoms with E-state index in [1.54, 1.807) is 34.6 Å². The molecule has 0 saturated heterocycles. The summed E-state index contributed by atoms with van der Waals surface area (Å²) in [5.41, 5.74) is 0. The summed E-state index contributed by atoms with van der Waals surface area (Å²) < 4.78 is 0. The fourth-order valence-corrected chi connectivity index (χ4v) is 10.3. The van der Waals surface area contributed by atoms with Gasteiger partial charge >= 0.3 is 5.97 Å². The second-order valence-electron chi connectivity index (χ2n) is 25.8. The minimum absolute atomic E-state index is 0.0727. The van der Waals surface area contributed by atoms with Crippen molar-refractivity contribution in [1.29, 1.82) is 0 Å². The Hall–Kier alpha value is -6.17. The minimum atomic E-state index is -1.24. The standard InChI is InChI=1S/C62H113N11O13/c1-25-27-28-40(15)52(75)50(63-18)56(79)66-43(26-2)58(81)68(19)33-48(74)69(20)44(29-34(3)4)55(78)67-49(38(11)12)61(84)70(21)45(30-35(5)6)54(77)64-41(16)53(76)65-42(17)57(80)71(22)46(31-36(7)8)59(82)72(23)47(32-37(9)10)60(83)73(24)51(39(13)14)62(85)86/h25,27,34-47,49-52,63,75H,26,28-33H2,1-24H3,(H,64,77)(H,65,76)(H,66,79)(H,67,78)(H,85,86)/b27-25+/t40-,41+,42-,43+,44+,45+,46+,47+,49+,50+,51+,52-/m1/s1. The van der Waals surface area contributed by atoms with Crippen LogP contribution in [0, 0.1) is 41.4 Å². The lowest BCUT2D eigenvalue weighted by Gasteiger charge is -2.39. The molecule has 86 heavy (non-hydrogen) atoms. The van der Waals surface area contributed by atoms with E-state index in [9.17, 15) is 63.0 Å². The first-order chi connectivity index (χ1) is 39.7. The Morgan fingerprint density at radius 2 is 0.884 bits per heavy atom. The zero-order chi connectivity index (χ0) is 67.1. The Kier molecular flexibility index (Phi) is 34.8. The maximum atomic E-state index is 14.6. The highest BCUT2D eigenvalue weighted by molar-refractivity contribution is 5.98. The maximum absolute atomic E-state index is 14.6. The number of hydrogen-bond donors (Lipinski definition) is 7. The van der Waals surface area contributed by atoms with Gasteiger partial charge in [0.1, 0.15) is 60.4 Å². The summed E-state index contributed by atoms with van der Waals surface area (Å²) in [4.78, 5) is 160. The molecule has 10 amide bonds. The van der Waals surface area contributed by atoms with Crippen LogP contribution < -0.4 is 26.6 Å². The van der Waals surface area contributed by atoms with Crippen LogP contribution in [0.4, 0.5) is 0 Å². The summed E-state index contributed by atoms with van der Waals surface area (Å²) in [6.07, 6.45) is 4.13. The molecule has 0 aliphatic carbocycles. The van der Waals surface area contributed by atoms with Crippen molar-refractivity contribution in [3.05, 3.63) is 12.2 Å². The molecule has 0 bridgehead atoms. The lowest BCUT2D eigenvalue weighted by molar-refractivity contribution is -0.157. The van der Waals surface area contributed by atoms with E-state index in [1.165, 1.54) is 82.8 Å². The number of rotatable bonds is 37. The molecular formula is C62H113N11O13. The molecule has 12 atom stereocenters. The Balaban J connectivity index is 6.50. The van der Waals surface area contributed by atoms with Gasteiger partial charge in [-0.1, -0.05) is 109 Å². The summed E-state index contributed by atoms with van der Waals surface area (Å²) in [6, 6.07) is -11.2. The Morgan fingerprint density at radius 3 is 1.30 bits per heavy atom. The summed E-state index contributed by atoms with van der Waals surface area (Å²) in [5, 5.41) is 34.6. The number of carbonyl (C=O) groups is 11. The van der Waals surface area contributed by atoms with Gasteiger partial charge in [0, 0.05) is 42.3 Å². The van der Waals surface area contributed by atoms with Crippen molar-refractivity contribution in [3.63, 3.8) is 0 Å². The number of nitrogens with zero attached hydrogens (tertiary/aromatic N) is 6. The minimum Gasteiger partial charge on any atom is -0.480 e. The van der Waals surface area contributed by atoms with Gasteiger partial charge in [0.25, 0.3) is 0 Å². The quantitative estimate of drug-likeness (QED) is 0.0440. The molecule has 494 valence electrons. The van der Waals surface area contributed by atoms with Crippen molar-refractivity contribution in [2.75, 3.05) is 55.9 Å². The van der Waals surface area contributed by atoms with E-state index in [-0.39, 0.29) is 61.7 Å². The van der Waals surface area contributed by atoms with E-state index in [2.05, 4.69) is 26.6 Å². The molecule has 0 radical (unpaired) electrons. The normalized spacial score (nSPS) is 16.0. The first kappa shape index (κ1) is 79.8. The van der Waals surface area contributed by atoms with E-state index >= 15 is 0 Å². The second kappa shape index (κ2) is 37.5. The fraction of sp³-hybridized carbons (Fsp3) is 0.790. The van der Waals surface area contributed by atoms with Gasteiger partial charge < -0.3 is 66.2 Å². The first-order valence-corrected chi connectivity index (χ1v) is 30.6. The number of aliphatic hydroxyl groups is 1. The van der Waals surface area contributed by atoms with Gasteiger partial charge in [-0.05, 0) is 108 Å². The number of likely N-dealkylation sites (N-methyl/N-ethyl adjacent to an activating group) is 7. The topological polar surface area (TPSA) is 308 Å². The molecule has 0 spiro atoms. The van der Waals surface area contributed by atoms with Crippen molar-refractivity contribution in [2.24, 2.45) is 41.4 Å². The molecule has 24 nitrogen and oxygen atoms in total. The van der Waals surface area contributed by atoms with Crippen LogP contribution in [0.1, 0.15) is 156 Å². The van der Waals surface area contributed by atoms with Crippen LogP contribution in [-0.4, -0.2) is 227 Å². The molecule has 0 aliphatic rings. The van der Waals surface area contributed by atoms with Gasteiger partial charge in [0.2, 0.25) is 59.1 Å². The SMILES string of the molecule is C/C=C/C[C@@H](C)[C@@H](O)[C@H](NC)C(=O)N[C@@H](CC)C(=O)N(C)CC(=O)N(C)[C@@H](CC(C)C)C(=O)N[C@H](C(=O)N(C)[C@@H](CC(C)C)C(=O)N[C@@H](C)C(=O)N[C@H](C)C(=O)N(C)[C@@H](CC(C)C)C(=O)N(C)[C@@H](CC(C)C)C(=O)N(C)[C@H](C(=O)O)C(C)C)C(C)C. The summed E-state index contributed by atoms with van der Waals surface area (Å²) >= 11 is 0. The smallest absolute Gasteiger partial charge is 0.326 e. The zero-order valence-corrected chi connectivity index (χ0v) is 56.6. The molecule has 24 heteroatoms. The highest BCUT2D eigenvalue weighted by Gasteiger charge is 2.42. The molecule has 0 fully saturated rings. The monoisotopic (exact) mass is 1220 g/mol. The lowest BCUT2D eigenvalue weighted by atomic mass is 9.94. The molecule has 0 aliphatic heterocycles. The van der Waals surface area contributed by atoms with Crippen molar-refractivity contribution in [1.82, 2.24) is 56.0 Å². The number of hydrogen-bond acceptors (Lipinski definition) is 13. The first-order valence-electron chi connectivity index (χ1n) is 30.6. The van der Waals surface area contributed by atoms with Gasteiger partial charge in [0.15, 0.2) is 0 Å². The second-order valence-corrected chi connectivity index (χ2v) is 25.8. The van der Waals surface area contributed by atoms with Crippen molar-refractivity contribution >= 4 is 65.0 Å². The van der Waals surface area contributed by atoms with E-state index in [0.29, 0.717) is 6.42 Å². The van der Waals surface area contributed by atoms with E-state index in [4.69, 9.17) is 0 Å². The Bertz CT molecular complexity index is 2290. The van der Waals surface area contributed by atoms with Gasteiger partial charge in [-0.3, -0.25) is 47.9 Å². The maximum Gasteiger partial charge on any atom is 0.326 e. The van der Waals surface area contributed by atoms with Crippen LogP contribution in [0.5, 0.6) is 0 Å². The van der Waals surface area contributed by atoms with Crippen LogP contribution >= 0.6 is 0 Å². The predicted octanol–water partition coefficient (Wildman–Crippen LogP) is 3.10. The highest BCUT2D eigenvalue weighted by Crippen LogP contribution is 2.23. The predicted molar refractivity (Wildman–Crippen MR) is 332 cm³/mol. The summed E-state index contributed by atoms with van der Waals surface area (Å²) in [6.45, 7) is 29.5. The van der Waals surface area contributed by atoms with Gasteiger partial charge in [-0.2, -0.15) is 0 Å². The summed E-state index contributed by atoms with van der Waals surface area (Å²) in [5.74, 6) is -9.01. The zero-order valence-electron chi connectivity index (χ0n) is 56.6. The molecule has 7 N–H and O–H groups in total. The molecule has 0 rings (SSSR count). The number of allylic oxidation sites excluding steroid dienone is 2. The van der Waals surface area contributed by atoms with Crippen LogP contribution in [0.15, 0.2) is 12.2 Å². The summed E-state index contributed by atoms with van der Waals surface area (Å²) in [7, 11) is 10.1. The van der Waals surface area contributed by atoms with Crippen LogP contribution in [0.25, 0.3) is 0 Å². The molecule has 0 saturated carbocycles. The molecule has 0 aromatic heterocycles. The third-order valence-corrected chi connectivity index (χ3v) is 15.7. The molecule has 0 aromatic carbocycles. The van der Waals surface area contributed by atoms with Gasteiger partial charge in [-0.15, -0.1) is 0 Å². The number of carbonyl (C=O) groups excluding carboxylic acids is 10. The van der Waals surface area contributed by atoms with E-state index < -0.39 is 150 Å². The van der Waals surface area contributed by atoms with Gasteiger partial charge in [0.05, 0.1) is 12.6 Å². The molecule has 0 heterocycles. The number of nitrogens with one attached hydrogen (secondary N) is 5. The Morgan fingerprint density at radius 1 is 0.465 bits per heavy atom. The number of carboxylic acid groups (broad SMARTS) is 1. The van der Waals surface area contributed by atoms with Crippen LogP contribution in [-0.2, 0) is 52.7 Å². The number of aliphatic hydroxyl groups excluding tert-OH is 1. The Labute approximate surface area is 514 Å². The third kappa shape index (κ3) is 24.2. The van der Waals surface area contributed by atoms with Crippen LogP contribution in [0.3, 0.4) is 0 Å². The largest absolute Gasteiger partial charge is 0.480 e. The van der Waals surface area contributed by atoms with Crippen molar-refractivity contribution in [2.45, 2.75) is 223 Å².